The van der Waals surface area contributed by atoms with Gasteiger partial charge in [-0.15, -0.1) is 0 Å². The average Bonchev–Trinajstić information content (AvgIpc) is 3.43. The van der Waals surface area contributed by atoms with E-state index >= 15 is 0 Å². The van der Waals surface area contributed by atoms with Gasteiger partial charge in [-0.1, -0.05) is 6.07 Å². The van der Waals surface area contributed by atoms with Crippen LogP contribution in [0.5, 0.6) is 0 Å². The lowest BCUT2D eigenvalue weighted by molar-refractivity contribution is -0.143. The third kappa shape index (κ3) is 5.56. The summed E-state index contributed by atoms with van der Waals surface area (Å²) in [5.41, 5.74) is -3.81. The molecule has 0 unspecified atom stereocenters. The molecule has 12 heteroatoms. The third-order valence-electron chi connectivity index (χ3n) is 4.51. The molecule has 1 fully saturated rings. The maximum absolute atomic E-state index is 13.0. The second-order valence-electron chi connectivity index (χ2n) is 7.12. The number of benzene rings is 2. The normalized spacial score (nSPS) is 15.1. The molecule has 0 spiro atoms. The van der Waals surface area contributed by atoms with Gasteiger partial charge in [-0.2, -0.15) is 26.3 Å². The van der Waals surface area contributed by atoms with Crippen LogP contribution in [-0.2, 0) is 22.4 Å². The molecule has 0 bridgehead atoms. The van der Waals surface area contributed by atoms with E-state index in [0.29, 0.717) is 25.0 Å². The van der Waals surface area contributed by atoms with Gasteiger partial charge in [0, 0.05) is 17.3 Å². The average molecular weight is 466 g/mol. The Bertz CT molecular complexity index is 1090. The summed E-state index contributed by atoms with van der Waals surface area (Å²) in [7, 11) is -3.92. The van der Waals surface area contributed by atoms with Gasteiger partial charge in [-0.3, -0.25) is 4.79 Å². The number of hydrogen-bond donors (Lipinski definition) is 2. The third-order valence-corrected chi connectivity index (χ3v) is 6.03. The number of sulfonamides is 1. The fourth-order valence-electron chi connectivity index (χ4n) is 2.73. The van der Waals surface area contributed by atoms with E-state index in [4.69, 9.17) is 0 Å². The zero-order valence-corrected chi connectivity index (χ0v) is 16.7. The maximum atomic E-state index is 13.0. The number of carbonyl (C=O) groups excluding carboxylic acids is 1. The monoisotopic (exact) mass is 466 g/mol. The Balaban J connectivity index is 1.95. The van der Waals surface area contributed by atoms with Crippen molar-refractivity contribution in [1.82, 2.24) is 4.72 Å². The van der Waals surface area contributed by atoms with Crippen molar-refractivity contribution >= 4 is 21.6 Å². The van der Waals surface area contributed by atoms with E-state index in [1.807, 2.05) is 5.32 Å². The molecule has 0 heterocycles. The van der Waals surface area contributed by atoms with Gasteiger partial charge in [-0.05, 0) is 55.7 Å². The number of anilines is 1. The minimum Gasteiger partial charge on any atom is -0.322 e. The zero-order valence-electron chi connectivity index (χ0n) is 15.9. The lowest BCUT2D eigenvalue weighted by atomic mass is 10.1. The van der Waals surface area contributed by atoms with Crippen LogP contribution in [0.2, 0.25) is 0 Å². The molecule has 168 valence electrons. The van der Waals surface area contributed by atoms with Crippen molar-refractivity contribution in [2.45, 2.75) is 43.1 Å². The van der Waals surface area contributed by atoms with Crippen LogP contribution < -0.4 is 10.0 Å². The second-order valence-corrected chi connectivity index (χ2v) is 8.83. The van der Waals surface area contributed by atoms with Gasteiger partial charge in [0.2, 0.25) is 10.0 Å². The van der Waals surface area contributed by atoms with Crippen LogP contribution in [0.1, 0.15) is 39.9 Å². The highest BCUT2D eigenvalue weighted by Crippen LogP contribution is 2.37. The summed E-state index contributed by atoms with van der Waals surface area (Å²) >= 11 is 0. The molecule has 1 saturated carbocycles. The molecule has 31 heavy (non-hydrogen) atoms. The largest absolute Gasteiger partial charge is 0.416 e. The lowest BCUT2D eigenvalue weighted by Gasteiger charge is -2.15. The summed E-state index contributed by atoms with van der Waals surface area (Å²) < 4.78 is 105. The standard InChI is InChI=1S/C19H16F6N2O3S/c1-10-2-5-15(31(29,30)27-13-3-4-13)9-16(10)17(28)26-14-7-11(18(20,21)22)6-12(8-14)19(23,24)25/h2,5-9,13,27H,3-4H2,1H3,(H,26,28). The smallest absolute Gasteiger partial charge is 0.322 e. The molecule has 0 radical (unpaired) electrons. The van der Waals surface area contributed by atoms with Gasteiger partial charge in [0.1, 0.15) is 0 Å². The van der Waals surface area contributed by atoms with Crippen LogP contribution in [0.25, 0.3) is 0 Å². The molecule has 2 N–H and O–H groups in total. The fourth-order valence-corrected chi connectivity index (χ4v) is 4.06. The molecule has 1 amide bonds. The highest BCUT2D eigenvalue weighted by Gasteiger charge is 2.37. The summed E-state index contributed by atoms with van der Waals surface area (Å²) in [5.74, 6) is -1.05. The Labute approximate surface area is 173 Å². The summed E-state index contributed by atoms with van der Waals surface area (Å²) in [6.07, 6.45) is -8.79. The van der Waals surface area contributed by atoms with E-state index in [1.165, 1.54) is 19.1 Å². The van der Waals surface area contributed by atoms with E-state index in [0.717, 1.165) is 6.07 Å². The van der Waals surface area contributed by atoms with Crippen LogP contribution in [0, 0.1) is 6.92 Å². The zero-order chi connectivity index (χ0) is 23.2. The van der Waals surface area contributed by atoms with Gasteiger partial charge in [0.05, 0.1) is 16.0 Å². The first-order valence-electron chi connectivity index (χ1n) is 8.90. The van der Waals surface area contributed by atoms with E-state index in [2.05, 4.69) is 4.72 Å². The predicted octanol–water partition coefficient (Wildman–Crippen LogP) is 4.73. The fraction of sp³-hybridized carbons (Fsp3) is 0.316. The molecular weight excluding hydrogens is 450 g/mol. The van der Waals surface area contributed by atoms with Gasteiger partial charge < -0.3 is 5.32 Å². The van der Waals surface area contributed by atoms with Crippen molar-refractivity contribution < 1.29 is 39.6 Å². The molecule has 0 aromatic heterocycles. The second kappa shape index (κ2) is 7.83. The van der Waals surface area contributed by atoms with Gasteiger partial charge >= 0.3 is 12.4 Å². The van der Waals surface area contributed by atoms with Crippen molar-refractivity contribution in [2.75, 3.05) is 5.32 Å². The van der Waals surface area contributed by atoms with Crippen LogP contribution >= 0.6 is 0 Å². The Kier molecular flexibility index (Phi) is 5.82. The lowest BCUT2D eigenvalue weighted by Crippen LogP contribution is -2.26. The summed E-state index contributed by atoms with van der Waals surface area (Å²) in [6, 6.07) is 4.09. The SMILES string of the molecule is Cc1ccc(S(=O)(=O)NC2CC2)cc1C(=O)Nc1cc(C(F)(F)F)cc(C(F)(F)F)c1. The summed E-state index contributed by atoms with van der Waals surface area (Å²) in [5, 5.41) is 2.00. The number of nitrogens with one attached hydrogen (secondary N) is 2. The molecule has 0 atom stereocenters. The van der Waals surface area contributed by atoms with Crippen molar-refractivity contribution in [3.05, 3.63) is 58.7 Å². The van der Waals surface area contributed by atoms with E-state index in [-0.39, 0.29) is 28.1 Å². The van der Waals surface area contributed by atoms with E-state index in [1.54, 1.807) is 0 Å². The molecule has 3 rings (SSSR count). The molecule has 2 aromatic carbocycles. The van der Waals surface area contributed by atoms with Crippen molar-refractivity contribution in [3.63, 3.8) is 0 Å². The van der Waals surface area contributed by atoms with Crippen molar-refractivity contribution in [1.29, 1.82) is 0 Å². The summed E-state index contributed by atoms with van der Waals surface area (Å²) in [4.78, 5) is 12.3. The highest BCUT2D eigenvalue weighted by molar-refractivity contribution is 7.89. The van der Waals surface area contributed by atoms with E-state index < -0.39 is 45.1 Å². The number of carbonyl (C=O) groups is 1. The Morgan fingerprint density at radius 2 is 1.48 bits per heavy atom. The van der Waals surface area contributed by atoms with Gasteiger partial charge in [0.25, 0.3) is 5.91 Å². The number of rotatable bonds is 5. The number of aryl methyl sites for hydroxylation is 1. The van der Waals surface area contributed by atoms with Crippen LogP contribution in [0.4, 0.5) is 32.0 Å². The van der Waals surface area contributed by atoms with Crippen LogP contribution in [0.3, 0.4) is 0 Å². The van der Waals surface area contributed by atoms with Crippen LogP contribution in [-0.4, -0.2) is 20.4 Å². The first-order valence-corrected chi connectivity index (χ1v) is 10.4. The van der Waals surface area contributed by atoms with Gasteiger partial charge in [0.15, 0.2) is 0 Å². The molecule has 0 aliphatic heterocycles. The Morgan fingerprint density at radius 1 is 0.935 bits per heavy atom. The molecule has 2 aromatic rings. The number of halogens is 6. The minimum atomic E-state index is -5.07. The molecule has 1 aliphatic carbocycles. The minimum absolute atomic E-state index is 0.0579. The molecule has 0 saturated heterocycles. The quantitative estimate of drug-likeness (QED) is 0.626. The first-order chi connectivity index (χ1) is 14.2. The molecule has 5 nitrogen and oxygen atoms in total. The maximum Gasteiger partial charge on any atom is 0.416 e. The Hall–Kier alpha value is -2.60. The number of amides is 1. The molecular formula is C19H16F6N2O3S. The molecule has 1 aliphatic rings. The van der Waals surface area contributed by atoms with Gasteiger partial charge in [-0.25, -0.2) is 13.1 Å². The topological polar surface area (TPSA) is 75.3 Å². The number of alkyl halides is 6. The highest BCUT2D eigenvalue weighted by atomic mass is 32.2. The summed E-state index contributed by atoms with van der Waals surface area (Å²) in [6.45, 7) is 1.45. The first kappa shape index (κ1) is 23.1. The van der Waals surface area contributed by atoms with E-state index in [9.17, 15) is 39.6 Å². The van der Waals surface area contributed by atoms with Crippen molar-refractivity contribution in [3.8, 4) is 0 Å². The predicted molar refractivity (Wildman–Crippen MR) is 98.9 cm³/mol. The van der Waals surface area contributed by atoms with Crippen molar-refractivity contribution in [2.24, 2.45) is 0 Å². The Morgan fingerprint density at radius 3 is 1.97 bits per heavy atom. The number of hydrogen-bond acceptors (Lipinski definition) is 3. The van der Waals surface area contributed by atoms with Crippen LogP contribution in [0.15, 0.2) is 41.3 Å².